The Morgan fingerprint density at radius 3 is 1.80 bits per heavy atom. The second-order valence-electron chi connectivity index (χ2n) is 4.29. The number of rotatable bonds is 2. The molecule has 78 valence electrons. The molecule has 2 aliphatic carbocycles. The summed E-state index contributed by atoms with van der Waals surface area (Å²) in [5.74, 6) is 1.39. The second-order valence-corrected chi connectivity index (χ2v) is 5.41. The smallest absolute Gasteiger partial charge is 0.0251 e. The molecule has 0 nitrogen and oxygen atoms in total. The van der Waals surface area contributed by atoms with Crippen LogP contribution in [0.4, 0.5) is 0 Å². The van der Waals surface area contributed by atoms with Gasteiger partial charge in [0.25, 0.3) is 0 Å². The summed E-state index contributed by atoms with van der Waals surface area (Å²) < 4.78 is 0. The highest BCUT2D eigenvalue weighted by Crippen LogP contribution is 2.56. The van der Waals surface area contributed by atoms with E-state index in [2.05, 4.69) is 56.1 Å². The van der Waals surface area contributed by atoms with E-state index in [1.54, 1.807) is 22.3 Å². The van der Waals surface area contributed by atoms with Gasteiger partial charge in [0.1, 0.15) is 0 Å². The van der Waals surface area contributed by atoms with Gasteiger partial charge in [-0.3, -0.25) is 0 Å². The average molecular weight is 328 g/mol. The molecule has 2 heteroatoms. The van der Waals surface area contributed by atoms with Gasteiger partial charge in [-0.05, 0) is 17.5 Å². The molecule has 15 heavy (non-hydrogen) atoms. The summed E-state index contributed by atoms with van der Waals surface area (Å²) in [6.07, 6.45) is 1.31. The maximum absolute atomic E-state index is 3.63. The summed E-state index contributed by atoms with van der Waals surface area (Å²) in [6, 6.07) is 8.93. The zero-order valence-corrected chi connectivity index (χ0v) is 11.5. The Morgan fingerprint density at radius 1 is 0.933 bits per heavy atom. The van der Waals surface area contributed by atoms with Crippen LogP contribution in [0.5, 0.6) is 0 Å². The average Bonchev–Trinajstić information content (AvgIpc) is 2.84. The minimum absolute atomic E-state index is 0.693. The van der Waals surface area contributed by atoms with Crippen LogP contribution in [0.15, 0.2) is 35.4 Å². The molecule has 0 heterocycles. The van der Waals surface area contributed by atoms with Crippen molar-refractivity contribution >= 4 is 31.9 Å². The van der Waals surface area contributed by atoms with Gasteiger partial charge in [0.15, 0.2) is 0 Å². The molecule has 0 fully saturated rings. The van der Waals surface area contributed by atoms with E-state index in [9.17, 15) is 0 Å². The fourth-order valence-corrected chi connectivity index (χ4v) is 4.60. The van der Waals surface area contributed by atoms with Gasteiger partial charge in [-0.15, -0.1) is 0 Å². The van der Waals surface area contributed by atoms with E-state index in [1.165, 1.54) is 6.42 Å². The summed E-state index contributed by atoms with van der Waals surface area (Å²) in [4.78, 5) is 0. The van der Waals surface area contributed by atoms with Gasteiger partial charge in [0, 0.05) is 22.5 Å². The largest absolute Gasteiger partial charge is 0.0880 e. The van der Waals surface area contributed by atoms with Gasteiger partial charge >= 0.3 is 0 Å². The summed E-state index contributed by atoms with van der Waals surface area (Å²) in [6.45, 7) is 0. The highest BCUT2D eigenvalue weighted by Gasteiger charge is 2.41. The maximum atomic E-state index is 3.63. The molecule has 2 bridgehead atoms. The quantitative estimate of drug-likeness (QED) is 0.559. The van der Waals surface area contributed by atoms with Crippen molar-refractivity contribution in [2.45, 2.75) is 18.3 Å². The van der Waals surface area contributed by atoms with Gasteiger partial charge in [-0.25, -0.2) is 0 Å². The number of halogens is 2. The van der Waals surface area contributed by atoms with E-state index in [4.69, 9.17) is 0 Å². The molecule has 0 spiro atoms. The van der Waals surface area contributed by atoms with Crippen LogP contribution in [0.3, 0.4) is 0 Å². The molecule has 1 aromatic rings. The number of alkyl halides is 2. The number of allylic oxidation sites excluding steroid dienone is 2. The zero-order valence-electron chi connectivity index (χ0n) is 8.34. The van der Waals surface area contributed by atoms with Crippen LogP contribution in [0.1, 0.15) is 29.4 Å². The molecule has 0 unspecified atom stereocenters. The van der Waals surface area contributed by atoms with Crippen molar-refractivity contribution in [1.29, 1.82) is 0 Å². The molecule has 2 atom stereocenters. The Hall–Kier alpha value is -0.0800. The maximum Gasteiger partial charge on any atom is 0.0251 e. The molecule has 0 aromatic heterocycles. The van der Waals surface area contributed by atoms with E-state index in [0.29, 0.717) is 11.8 Å². The van der Waals surface area contributed by atoms with E-state index in [0.717, 1.165) is 10.7 Å². The van der Waals surface area contributed by atoms with Gasteiger partial charge in [-0.2, -0.15) is 0 Å². The van der Waals surface area contributed by atoms with Crippen molar-refractivity contribution in [2.24, 2.45) is 0 Å². The topological polar surface area (TPSA) is 0 Å². The normalized spacial score (nSPS) is 27.3. The lowest BCUT2D eigenvalue weighted by Crippen LogP contribution is -2.06. The van der Waals surface area contributed by atoms with Crippen LogP contribution < -0.4 is 0 Å². The van der Waals surface area contributed by atoms with Crippen molar-refractivity contribution in [3.63, 3.8) is 0 Å². The van der Waals surface area contributed by atoms with Crippen LogP contribution in [-0.2, 0) is 0 Å². The minimum atomic E-state index is 0.693. The summed E-state index contributed by atoms with van der Waals surface area (Å²) in [5, 5.41) is 2.06. The van der Waals surface area contributed by atoms with Gasteiger partial charge in [-0.1, -0.05) is 67.3 Å². The Kier molecular flexibility index (Phi) is 2.52. The number of hydrogen-bond donors (Lipinski definition) is 0. The van der Waals surface area contributed by atoms with Crippen molar-refractivity contribution in [1.82, 2.24) is 0 Å². The van der Waals surface area contributed by atoms with E-state index < -0.39 is 0 Å². The predicted octanol–water partition coefficient (Wildman–Crippen LogP) is 4.36. The fraction of sp³-hybridized carbons (Fsp3) is 0.385. The monoisotopic (exact) mass is 326 g/mol. The second kappa shape index (κ2) is 3.74. The fourth-order valence-electron chi connectivity index (χ4n) is 3.10. The van der Waals surface area contributed by atoms with E-state index in [1.807, 2.05) is 0 Å². The lowest BCUT2D eigenvalue weighted by Gasteiger charge is -2.20. The highest BCUT2D eigenvalue weighted by molar-refractivity contribution is 9.09. The van der Waals surface area contributed by atoms with Crippen LogP contribution in [0, 0.1) is 0 Å². The summed E-state index contributed by atoms with van der Waals surface area (Å²) in [7, 11) is 0. The molecular weight excluding hydrogens is 316 g/mol. The molecule has 3 rings (SSSR count). The molecule has 1 aromatic carbocycles. The molecule has 0 N–H and O–H groups in total. The zero-order chi connectivity index (χ0) is 10.4. The third-order valence-electron chi connectivity index (χ3n) is 3.76. The van der Waals surface area contributed by atoms with Gasteiger partial charge in [0.05, 0.1) is 0 Å². The van der Waals surface area contributed by atoms with Crippen molar-refractivity contribution in [2.75, 3.05) is 10.7 Å². The lowest BCUT2D eigenvalue weighted by molar-refractivity contribution is 0.776. The summed E-state index contributed by atoms with van der Waals surface area (Å²) in [5.41, 5.74) is 6.38. The molecule has 0 radical (unpaired) electrons. The van der Waals surface area contributed by atoms with Crippen LogP contribution in [0.2, 0.25) is 0 Å². The van der Waals surface area contributed by atoms with Gasteiger partial charge in [0.2, 0.25) is 0 Å². The lowest BCUT2D eigenvalue weighted by atomic mass is 9.87. The highest BCUT2D eigenvalue weighted by atomic mass is 79.9. The third-order valence-corrected chi connectivity index (χ3v) is 4.97. The Balaban J connectivity index is 2.14. The third kappa shape index (κ3) is 1.31. The molecule has 0 saturated heterocycles. The van der Waals surface area contributed by atoms with Crippen LogP contribution in [-0.4, -0.2) is 10.7 Å². The number of fused-ring (bicyclic) bond motifs is 5. The van der Waals surface area contributed by atoms with Crippen molar-refractivity contribution in [3.8, 4) is 0 Å². The Bertz CT molecular complexity index is 395. The number of hydrogen-bond acceptors (Lipinski definition) is 0. The predicted molar refractivity (Wildman–Crippen MR) is 71.2 cm³/mol. The van der Waals surface area contributed by atoms with Crippen molar-refractivity contribution in [3.05, 3.63) is 46.5 Å². The molecule has 0 saturated carbocycles. The standard InChI is InChI=1S/C13H12Br2/c14-6-12-10-5-11(13(12)7-15)9-4-2-1-3-8(9)10/h1-4,10-11H,5-7H2/t10-,11+. The Morgan fingerprint density at radius 2 is 1.40 bits per heavy atom. The summed E-state index contributed by atoms with van der Waals surface area (Å²) >= 11 is 7.26. The Labute approximate surface area is 107 Å². The molecule has 0 amide bonds. The molecule has 0 aliphatic heterocycles. The minimum Gasteiger partial charge on any atom is -0.0880 e. The first-order valence-corrected chi connectivity index (χ1v) is 7.53. The first-order chi connectivity index (χ1) is 7.36. The molecule has 2 aliphatic rings. The van der Waals surface area contributed by atoms with Crippen molar-refractivity contribution < 1.29 is 0 Å². The van der Waals surface area contributed by atoms with E-state index in [-0.39, 0.29) is 0 Å². The van der Waals surface area contributed by atoms with Crippen LogP contribution >= 0.6 is 31.9 Å². The SMILES string of the molecule is BrCC1=C(CBr)[C@@H]2C[C@H]1c1ccccc12. The van der Waals surface area contributed by atoms with E-state index >= 15 is 0 Å². The first kappa shape index (κ1) is 10.1. The van der Waals surface area contributed by atoms with Gasteiger partial charge < -0.3 is 0 Å². The number of benzene rings is 1. The molecular formula is C13H12Br2. The van der Waals surface area contributed by atoms with Crippen LogP contribution in [0.25, 0.3) is 0 Å². The first-order valence-electron chi connectivity index (χ1n) is 5.29.